The third kappa shape index (κ3) is 4.94. The zero-order chi connectivity index (χ0) is 46.4. The highest BCUT2D eigenvalue weighted by Crippen LogP contribution is 2.54. The number of para-hydroxylation sites is 4. The molecule has 0 fully saturated rings. The Morgan fingerprint density at radius 1 is 0.414 bits per heavy atom. The molecule has 0 bridgehead atoms. The number of fused-ring (bicyclic) bond motifs is 18. The minimum Gasteiger partial charge on any atom is -0.454 e. The van der Waals surface area contributed by atoms with Crippen LogP contribution in [-0.4, -0.2) is 9.13 Å². The van der Waals surface area contributed by atoms with Gasteiger partial charge in [0.2, 0.25) is 5.69 Å². The summed E-state index contributed by atoms with van der Waals surface area (Å²) in [6.45, 7) is 11.5. The van der Waals surface area contributed by atoms with Crippen LogP contribution < -0.4 is 0 Å². The van der Waals surface area contributed by atoms with Crippen molar-refractivity contribution in [2.75, 3.05) is 0 Å². The molecular formula is C63H34N4O3. The lowest BCUT2D eigenvalue weighted by atomic mass is 9.88. The van der Waals surface area contributed by atoms with Crippen LogP contribution in [0.15, 0.2) is 201 Å². The third-order valence-electron chi connectivity index (χ3n) is 14.5. The van der Waals surface area contributed by atoms with Crippen molar-refractivity contribution in [3.63, 3.8) is 0 Å². The third-order valence-corrected chi connectivity index (χ3v) is 14.5. The maximum Gasteiger partial charge on any atom is 0.220 e. The number of hydrogen-bond donors (Lipinski definition) is 0. The van der Waals surface area contributed by atoms with E-state index in [2.05, 4.69) is 124 Å². The Bertz CT molecular complexity index is 4730. The van der Waals surface area contributed by atoms with Gasteiger partial charge in [-0.1, -0.05) is 152 Å². The molecule has 70 heavy (non-hydrogen) atoms. The van der Waals surface area contributed by atoms with Crippen molar-refractivity contribution in [2.45, 2.75) is 6.92 Å². The van der Waals surface area contributed by atoms with E-state index >= 15 is 0 Å². The molecule has 0 N–H and O–H groups in total. The largest absolute Gasteiger partial charge is 0.454 e. The van der Waals surface area contributed by atoms with Crippen molar-refractivity contribution in [3.05, 3.63) is 211 Å². The second kappa shape index (κ2) is 14.1. The monoisotopic (exact) mass is 894 g/mol. The number of nitriles is 1. The van der Waals surface area contributed by atoms with Gasteiger partial charge in [0.1, 0.15) is 22.8 Å². The standard InChI is InChI=1S/C63H34N4O3/c1-35-16-15-24-44-47-33-28-41-38-21-9-12-25-49(38)66(56(41)63(47)70-60(35)44)55-48(34-64)52(36-17-5-3-6-18-36)54(65-2)59(53(55)37-19-7-4-8-20-37)67-57-42(29-31-45-39-22-10-13-26-50(39)68-61(45)57)43-30-32-46-40-23-11-14-27-51(40)69-62(46)58(43)67/h3-33H,1H3. The first-order valence-electron chi connectivity index (χ1n) is 23.3. The smallest absolute Gasteiger partial charge is 0.220 e. The molecule has 0 aliphatic rings. The average molecular weight is 895 g/mol. The first-order chi connectivity index (χ1) is 34.6. The molecule has 0 saturated carbocycles. The highest BCUT2D eigenvalue weighted by Gasteiger charge is 2.34. The van der Waals surface area contributed by atoms with Gasteiger partial charge in [0.05, 0.1) is 45.6 Å². The molecule has 0 saturated heterocycles. The van der Waals surface area contributed by atoms with Crippen LogP contribution in [0.4, 0.5) is 5.69 Å². The number of furan rings is 3. The van der Waals surface area contributed by atoms with Crippen LogP contribution in [-0.2, 0) is 0 Å². The molecule has 0 aliphatic heterocycles. The average Bonchev–Trinajstić information content (AvgIpc) is 4.23. The number of hydrogen-bond acceptors (Lipinski definition) is 4. The molecule has 15 rings (SSSR count). The molecule has 0 radical (unpaired) electrons. The summed E-state index contributed by atoms with van der Waals surface area (Å²) in [4.78, 5) is 4.58. The molecule has 7 nitrogen and oxygen atoms in total. The summed E-state index contributed by atoms with van der Waals surface area (Å²) in [7, 11) is 0. The first-order valence-corrected chi connectivity index (χ1v) is 23.3. The molecule has 7 heteroatoms. The van der Waals surface area contributed by atoms with Crippen molar-refractivity contribution in [1.82, 2.24) is 9.13 Å². The van der Waals surface area contributed by atoms with Crippen LogP contribution in [0, 0.1) is 24.8 Å². The van der Waals surface area contributed by atoms with Gasteiger partial charge in [0.25, 0.3) is 0 Å². The zero-order valence-electron chi connectivity index (χ0n) is 37.4. The molecule has 5 aromatic heterocycles. The lowest BCUT2D eigenvalue weighted by Crippen LogP contribution is -2.09. The topological polar surface area (TPSA) is 77.4 Å². The van der Waals surface area contributed by atoms with Gasteiger partial charge in [0, 0.05) is 65.0 Å². The quantitative estimate of drug-likeness (QED) is 0.165. The van der Waals surface area contributed by atoms with Gasteiger partial charge in [0.15, 0.2) is 16.7 Å². The van der Waals surface area contributed by atoms with Crippen LogP contribution in [0.5, 0.6) is 0 Å². The second-order valence-corrected chi connectivity index (χ2v) is 18.1. The van der Waals surface area contributed by atoms with Crippen LogP contribution >= 0.6 is 0 Å². The van der Waals surface area contributed by atoms with Crippen molar-refractivity contribution in [1.29, 1.82) is 5.26 Å². The summed E-state index contributed by atoms with van der Waals surface area (Å²) in [5.74, 6) is 0. The highest BCUT2D eigenvalue weighted by molar-refractivity contribution is 6.28. The van der Waals surface area contributed by atoms with Crippen LogP contribution in [0.25, 0.3) is 148 Å². The molecule has 0 atom stereocenters. The van der Waals surface area contributed by atoms with Crippen molar-refractivity contribution in [2.24, 2.45) is 0 Å². The molecular weight excluding hydrogens is 861 g/mol. The van der Waals surface area contributed by atoms with Crippen LogP contribution in [0.3, 0.4) is 0 Å². The van der Waals surface area contributed by atoms with E-state index in [1.807, 2.05) is 91.0 Å². The number of rotatable bonds is 4. The summed E-state index contributed by atoms with van der Waals surface area (Å²) < 4.78 is 25.5. The van der Waals surface area contributed by atoms with Gasteiger partial charge in [-0.25, -0.2) is 4.85 Å². The lowest BCUT2D eigenvalue weighted by Gasteiger charge is -2.25. The number of nitrogens with zero attached hydrogens (tertiary/aromatic N) is 4. The summed E-state index contributed by atoms with van der Waals surface area (Å²) in [5, 5.41) is 21.7. The first kappa shape index (κ1) is 38.3. The Morgan fingerprint density at radius 3 is 1.47 bits per heavy atom. The van der Waals surface area contributed by atoms with Crippen molar-refractivity contribution in [3.8, 4) is 39.7 Å². The van der Waals surface area contributed by atoms with E-state index in [0.717, 1.165) is 109 Å². The number of benzene rings is 10. The molecule has 0 amide bonds. The molecule has 5 heterocycles. The normalized spacial score (nSPS) is 12.0. The number of aromatic nitrogens is 2. The minimum absolute atomic E-state index is 0.315. The Kier molecular flexibility index (Phi) is 7.72. The highest BCUT2D eigenvalue weighted by atomic mass is 16.3. The lowest BCUT2D eigenvalue weighted by molar-refractivity contribution is 0.668. The van der Waals surface area contributed by atoms with E-state index in [4.69, 9.17) is 13.3 Å². The van der Waals surface area contributed by atoms with E-state index in [9.17, 15) is 11.8 Å². The predicted octanol–water partition coefficient (Wildman–Crippen LogP) is 17.6. The minimum atomic E-state index is 0.315. The molecule has 10 aromatic carbocycles. The van der Waals surface area contributed by atoms with E-state index in [0.29, 0.717) is 50.5 Å². The van der Waals surface area contributed by atoms with E-state index in [1.165, 1.54) is 0 Å². The Morgan fingerprint density at radius 2 is 0.871 bits per heavy atom. The maximum absolute atomic E-state index is 12.0. The van der Waals surface area contributed by atoms with Gasteiger partial charge < -0.3 is 22.4 Å². The summed E-state index contributed by atoms with van der Waals surface area (Å²) in [6.07, 6.45) is 0. The SMILES string of the molecule is [C-]#[N+]c1c(-c2ccccc2)c(C#N)c(-n2c3ccccc3c3ccc4c5cccc(C)c5oc4c32)c(-c2ccccc2)c1-n1c2c(ccc3c4ccccc4oc32)c2ccc3c4ccccc4oc3c21. The van der Waals surface area contributed by atoms with Gasteiger partial charge in [-0.3, -0.25) is 0 Å². The van der Waals surface area contributed by atoms with Gasteiger partial charge in [-0.15, -0.1) is 0 Å². The molecule has 0 unspecified atom stereocenters. The van der Waals surface area contributed by atoms with E-state index < -0.39 is 0 Å². The van der Waals surface area contributed by atoms with Crippen molar-refractivity contribution >= 4 is 115 Å². The zero-order valence-corrected chi connectivity index (χ0v) is 37.4. The fraction of sp³-hybridized carbons (Fsp3) is 0.0159. The maximum atomic E-state index is 12.0. The summed E-state index contributed by atoms with van der Waals surface area (Å²) >= 11 is 0. The van der Waals surface area contributed by atoms with E-state index in [1.54, 1.807) is 0 Å². The van der Waals surface area contributed by atoms with Crippen molar-refractivity contribution < 1.29 is 13.3 Å². The van der Waals surface area contributed by atoms with E-state index in [-0.39, 0.29) is 0 Å². The number of aryl methyl sites for hydroxylation is 1. The fourth-order valence-corrected chi connectivity index (χ4v) is 11.6. The Labute approximate surface area is 398 Å². The van der Waals surface area contributed by atoms with Gasteiger partial charge in [-0.05, 0) is 60.0 Å². The molecule has 15 aromatic rings. The van der Waals surface area contributed by atoms with Gasteiger partial charge in [-0.2, -0.15) is 5.26 Å². The molecule has 0 aliphatic carbocycles. The van der Waals surface area contributed by atoms with Gasteiger partial charge >= 0.3 is 0 Å². The van der Waals surface area contributed by atoms with Crippen LogP contribution in [0.2, 0.25) is 0 Å². The predicted molar refractivity (Wildman–Crippen MR) is 284 cm³/mol. The molecule has 0 spiro atoms. The Balaban J connectivity index is 1.27. The summed E-state index contributed by atoms with van der Waals surface area (Å²) in [6, 6.07) is 66.6. The fourth-order valence-electron chi connectivity index (χ4n) is 11.6. The van der Waals surface area contributed by atoms with Crippen LogP contribution in [0.1, 0.15) is 11.1 Å². The second-order valence-electron chi connectivity index (χ2n) is 18.1. The Hall–Kier alpha value is -9.82. The molecule has 324 valence electrons. The summed E-state index contributed by atoms with van der Waals surface area (Å²) in [5.41, 5.74) is 13.3.